The second-order valence-corrected chi connectivity index (χ2v) is 4.81. The molecule has 1 rings (SSSR count). The minimum absolute atomic E-state index is 0.532. The van der Waals surface area contributed by atoms with E-state index in [1.54, 1.807) is 0 Å². The summed E-state index contributed by atoms with van der Waals surface area (Å²) < 4.78 is 5.67. The highest BCUT2D eigenvalue weighted by Gasteiger charge is 2.41. The highest BCUT2D eigenvalue weighted by molar-refractivity contribution is 9.09. The van der Waals surface area contributed by atoms with E-state index in [2.05, 4.69) is 22.9 Å². The zero-order chi connectivity index (χ0) is 9.57. The van der Waals surface area contributed by atoms with Crippen LogP contribution in [0.3, 0.4) is 0 Å². The fraction of sp³-hybridized carbons (Fsp3) is 1.00. The molecule has 0 aromatic heterocycles. The molecule has 0 saturated heterocycles. The van der Waals surface area contributed by atoms with Gasteiger partial charge < -0.3 is 4.74 Å². The number of halogens is 1. The molecule has 0 spiro atoms. The molecule has 78 valence electrons. The van der Waals surface area contributed by atoms with Gasteiger partial charge in [0.25, 0.3) is 0 Å². The summed E-state index contributed by atoms with van der Waals surface area (Å²) in [6.07, 6.45) is 7.95. The molecule has 1 nitrogen and oxygen atoms in total. The molecular weight excluding hydrogens is 228 g/mol. The minimum Gasteiger partial charge on any atom is -0.381 e. The first-order valence-corrected chi connectivity index (χ1v) is 6.59. The molecule has 0 amide bonds. The summed E-state index contributed by atoms with van der Waals surface area (Å²) in [5.41, 5.74) is 0.532. The van der Waals surface area contributed by atoms with Crippen LogP contribution in [0, 0.1) is 5.41 Å². The molecule has 1 fully saturated rings. The van der Waals surface area contributed by atoms with Crippen LogP contribution in [-0.2, 0) is 4.74 Å². The third-order valence-corrected chi connectivity index (χ3v) is 3.98. The number of alkyl halides is 1. The first-order valence-electron chi connectivity index (χ1n) is 5.47. The lowest BCUT2D eigenvalue weighted by molar-refractivity contribution is 0.0952. The van der Waals surface area contributed by atoms with Gasteiger partial charge in [-0.25, -0.2) is 0 Å². The Morgan fingerprint density at radius 3 is 2.54 bits per heavy atom. The van der Waals surface area contributed by atoms with E-state index in [0.29, 0.717) is 5.41 Å². The summed E-state index contributed by atoms with van der Waals surface area (Å²) in [5, 5.41) is 1.12. The Labute approximate surface area is 90.4 Å². The van der Waals surface area contributed by atoms with Gasteiger partial charge in [0.05, 0.1) is 6.61 Å². The summed E-state index contributed by atoms with van der Waals surface area (Å²) in [5.74, 6) is 0. The van der Waals surface area contributed by atoms with Gasteiger partial charge in [-0.05, 0) is 19.3 Å². The van der Waals surface area contributed by atoms with Crippen LogP contribution in [0.5, 0.6) is 0 Å². The summed E-state index contributed by atoms with van der Waals surface area (Å²) in [6.45, 7) is 4.18. The van der Waals surface area contributed by atoms with Crippen LogP contribution in [-0.4, -0.2) is 18.5 Å². The van der Waals surface area contributed by atoms with E-state index < -0.39 is 0 Å². The van der Waals surface area contributed by atoms with E-state index in [0.717, 1.165) is 18.5 Å². The Morgan fingerprint density at radius 1 is 1.23 bits per heavy atom. The maximum atomic E-state index is 5.67. The molecule has 1 aliphatic carbocycles. The van der Waals surface area contributed by atoms with Crippen LogP contribution in [0.15, 0.2) is 0 Å². The van der Waals surface area contributed by atoms with Crippen LogP contribution in [0.2, 0.25) is 0 Å². The van der Waals surface area contributed by atoms with Crippen molar-refractivity contribution >= 4 is 15.9 Å². The Hall–Kier alpha value is 0.440. The topological polar surface area (TPSA) is 9.23 Å². The monoisotopic (exact) mass is 248 g/mol. The van der Waals surface area contributed by atoms with Crippen LogP contribution < -0.4 is 0 Å². The Bertz CT molecular complexity index is 132. The second-order valence-electron chi connectivity index (χ2n) is 4.25. The highest BCUT2D eigenvalue weighted by atomic mass is 79.9. The lowest BCUT2D eigenvalue weighted by atomic mass is 10.2. The van der Waals surface area contributed by atoms with Crippen LogP contribution >= 0.6 is 15.9 Å². The van der Waals surface area contributed by atoms with Crippen molar-refractivity contribution in [1.29, 1.82) is 0 Å². The van der Waals surface area contributed by atoms with Crippen molar-refractivity contribution in [3.8, 4) is 0 Å². The van der Waals surface area contributed by atoms with Crippen molar-refractivity contribution in [2.24, 2.45) is 5.41 Å². The molecule has 0 aromatic carbocycles. The first kappa shape index (κ1) is 11.5. The van der Waals surface area contributed by atoms with Crippen molar-refractivity contribution in [2.75, 3.05) is 18.5 Å². The molecule has 0 heterocycles. The van der Waals surface area contributed by atoms with Crippen LogP contribution in [0.25, 0.3) is 0 Å². The molecule has 1 aliphatic rings. The maximum Gasteiger partial charge on any atom is 0.0530 e. The summed E-state index contributed by atoms with van der Waals surface area (Å²) in [4.78, 5) is 0. The lowest BCUT2D eigenvalue weighted by Gasteiger charge is -2.11. The van der Waals surface area contributed by atoms with E-state index in [1.807, 2.05) is 0 Å². The zero-order valence-electron chi connectivity index (χ0n) is 8.65. The first-order chi connectivity index (χ1) is 6.33. The largest absolute Gasteiger partial charge is 0.381 e. The molecule has 13 heavy (non-hydrogen) atoms. The molecule has 0 unspecified atom stereocenters. The van der Waals surface area contributed by atoms with Crippen molar-refractivity contribution in [3.63, 3.8) is 0 Å². The molecule has 0 bridgehead atoms. The second kappa shape index (κ2) is 6.02. The van der Waals surface area contributed by atoms with Crippen molar-refractivity contribution in [1.82, 2.24) is 0 Å². The van der Waals surface area contributed by atoms with Crippen LogP contribution in [0.4, 0.5) is 0 Å². The number of hydrogen-bond donors (Lipinski definition) is 0. The summed E-state index contributed by atoms with van der Waals surface area (Å²) >= 11 is 3.55. The normalized spacial score (nSPS) is 18.9. The van der Waals surface area contributed by atoms with Gasteiger partial charge in [0.2, 0.25) is 0 Å². The molecule has 0 aromatic rings. The van der Waals surface area contributed by atoms with Crippen molar-refractivity contribution in [3.05, 3.63) is 0 Å². The average Bonchev–Trinajstić information content (AvgIpc) is 2.92. The third kappa shape index (κ3) is 4.46. The number of hydrogen-bond acceptors (Lipinski definition) is 1. The molecule has 1 saturated carbocycles. The zero-order valence-corrected chi connectivity index (χ0v) is 10.2. The van der Waals surface area contributed by atoms with E-state index in [-0.39, 0.29) is 0 Å². The number of unbranched alkanes of at least 4 members (excludes halogenated alkanes) is 3. The highest BCUT2D eigenvalue weighted by Crippen LogP contribution is 2.47. The number of rotatable bonds is 8. The van der Waals surface area contributed by atoms with E-state index in [4.69, 9.17) is 4.74 Å². The van der Waals surface area contributed by atoms with E-state index >= 15 is 0 Å². The Kier molecular flexibility index (Phi) is 5.34. The van der Waals surface area contributed by atoms with E-state index in [1.165, 1.54) is 38.5 Å². The van der Waals surface area contributed by atoms with Crippen molar-refractivity contribution in [2.45, 2.75) is 45.4 Å². The van der Waals surface area contributed by atoms with Gasteiger partial charge in [-0.3, -0.25) is 0 Å². The average molecular weight is 249 g/mol. The quantitative estimate of drug-likeness (QED) is 0.470. The third-order valence-electron chi connectivity index (χ3n) is 2.79. The standard InChI is InChI=1S/C11H21BrO/c1-2-3-4-5-8-13-10-11(9-12)6-7-11/h2-10H2,1H3. The Balaban J connectivity index is 1.84. The number of ether oxygens (including phenoxy) is 1. The van der Waals surface area contributed by atoms with Crippen LogP contribution in [0.1, 0.15) is 45.4 Å². The van der Waals surface area contributed by atoms with Gasteiger partial charge in [-0.1, -0.05) is 42.1 Å². The van der Waals surface area contributed by atoms with Gasteiger partial charge in [0.1, 0.15) is 0 Å². The fourth-order valence-electron chi connectivity index (χ4n) is 1.41. The molecular formula is C11H21BrO. The maximum absolute atomic E-state index is 5.67. The molecule has 0 radical (unpaired) electrons. The SMILES string of the molecule is CCCCCCOCC1(CBr)CC1. The predicted octanol–water partition coefficient (Wildman–Crippen LogP) is 3.76. The van der Waals surface area contributed by atoms with Gasteiger partial charge in [-0.15, -0.1) is 0 Å². The predicted molar refractivity (Wildman–Crippen MR) is 60.4 cm³/mol. The van der Waals surface area contributed by atoms with Gasteiger partial charge in [0, 0.05) is 17.4 Å². The molecule has 2 heteroatoms. The lowest BCUT2D eigenvalue weighted by Crippen LogP contribution is -2.12. The summed E-state index contributed by atoms with van der Waals surface area (Å²) in [7, 11) is 0. The van der Waals surface area contributed by atoms with Gasteiger partial charge in [0.15, 0.2) is 0 Å². The van der Waals surface area contributed by atoms with Crippen molar-refractivity contribution < 1.29 is 4.74 Å². The van der Waals surface area contributed by atoms with Gasteiger partial charge in [-0.2, -0.15) is 0 Å². The molecule has 0 N–H and O–H groups in total. The van der Waals surface area contributed by atoms with E-state index in [9.17, 15) is 0 Å². The molecule has 0 atom stereocenters. The minimum atomic E-state index is 0.532. The fourth-order valence-corrected chi connectivity index (χ4v) is 2.14. The van der Waals surface area contributed by atoms with Gasteiger partial charge >= 0.3 is 0 Å². The Morgan fingerprint density at radius 2 is 2.00 bits per heavy atom. The smallest absolute Gasteiger partial charge is 0.0530 e. The summed E-state index contributed by atoms with van der Waals surface area (Å²) in [6, 6.07) is 0. The molecule has 0 aliphatic heterocycles.